The lowest BCUT2D eigenvalue weighted by Gasteiger charge is -2.34. The Balaban J connectivity index is 1.85. The maximum Gasteiger partial charge on any atom is 0.264 e. The monoisotopic (exact) mass is 685 g/mol. The number of hydrogen-bond acceptors (Lipinski definition) is 6. The van der Waals surface area contributed by atoms with Crippen molar-refractivity contribution in [3.05, 3.63) is 119 Å². The van der Waals surface area contributed by atoms with Crippen molar-refractivity contribution in [2.45, 2.75) is 71.0 Å². The van der Waals surface area contributed by atoms with Gasteiger partial charge in [0.25, 0.3) is 10.0 Å². The number of sulfonamides is 1. The molecular formula is C39H47N3O6S. The van der Waals surface area contributed by atoms with E-state index in [-0.39, 0.29) is 35.6 Å². The quantitative estimate of drug-likeness (QED) is 0.156. The Bertz CT molecular complexity index is 1820. The zero-order valence-electron chi connectivity index (χ0n) is 29.4. The van der Waals surface area contributed by atoms with Crippen LogP contribution < -0.4 is 19.1 Å². The third-order valence-electron chi connectivity index (χ3n) is 8.46. The molecule has 0 heterocycles. The number of carbonyl (C=O) groups excluding carboxylic acids is 2. The first-order valence-corrected chi connectivity index (χ1v) is 17.8. The summed E-state index contributed by atoms with van der Waals surface area (Å²) in [6.45, 7) is 9.17. The number of rotatable bonds is 15. The second-order valence-electron chi connectivity index (χ2n) is 12.4. The Kier molecular flexibility index (Phi) is 12.5. The molecule has 0 radical (unpaired) electrons. The van der Waals surface area contributed by atoms with E-state index in [0.29, 0.717) is 17.9 Å². The topological polar surface area (TPSA) is 105 Å². The number of ether oxygens (including phenoxy) is 2. The summed E-state index contributed by atoms with van der Waals surface area (Å²) in [7, 11) is -1.43. The molecule has 260 valence electrons. The van der Waals surface area contributed by atoms with E-state index in [2.05, 4.69) is 5.32 Å². The molecule has 2 atom stereocenters. The minimum Gasteiger partial charge on any atom is -0.493 e. The Morgan fingerprint density at radius 1 is 0.776 bits per heavy atom. The molecule has 49 heavy (non-hydrogen) atoms. The molecular weight excluding hydrogens is 639 g/mol. The molecule has 4 aromatic carbocycles. The van der Waals surface area contributed by atoms with Crippen molar-refractivity contribution < 1.29 is 27.5 Å². The standard InChI is InChI=1S/C39H47N3O6S/c1-8-30(5)40-39(44)35(23-31-12-10-9-11-13-31)41(25-32-16-14-27(2)15-17-32)38(43)26-42(33-21-28(3)20-29(4)22-33)49(45,46)34-18-19-36(47-6)37(24-34)48-7/h9-22,24,30,35H,8,23,25-26H2,1-7H3,(H,40,44)/t30-,35-/m1/s1. The summed E-state index contributed by atoms with van der Waals surface area (Å²) in [4.78, 5) is 30.2. The molecule has 2 amide bonds. The van der Waals surface area contributed by atoms with Crippen molar-refractivity contribution in [3.8, 4) is 11.5 Å². The van der Waals surface area contributed by atoms with Gasteiger partial charge in [-0.3, -0.25) is 13.9 Å². The Labute approximate surface area is 290 Å². The number of methoxy groups -OCH3 is 2. The normalized spacial score (nSPS) is 12.5. The highest BCUT2D eigenvalue weighted by Gasteiger charge is 2.35. The van der Waals surface area contributed by atoms with Crippen molar-refractivity contribution in [2.24, 2.45) is 0 Å². The van der Waals surface area contributed by atoms with Crippen LogP contribution in [0.4, 0.5) is 5.69 Å². The van der Waals surface area contributed by atoms with Crippen LogP contribution in [0.2, 0.25) is 0 Å². The number of aryl methyl sites for hydroxylation is 3. The second kappa shape index (κ2) is 16.5. The fourth-order valence-corrected chi connectivity index (χ4v) is 7.03. The fourth-order valence-electron chi connectivity index (χ4n) is 5.61. The zero-order chi connectivity index (χ0) is 35.7. The molecule has 4 rings (SSSR count). The molecule has 9 nitrogen and oxygen atoms in total. The average molecular weight is 686 g/mol. The van der Waals surface area contributed by atoms with Crippen LogP contribution in [0.15, 0.2) is 95.9 Å². The molecule has 0 saturated carbocycles. The first-order chi connectivity index (χ1) is 23.4. The summed E-state index contributed by atoms with van der Waals surface area (Å²) in [6, 6.07) is 26.0. The molecule has 0 aromatic heterocycles. The smallest absolute Gasteiger partial charge is 0.264 e. The average Bonchev–Trinajstić information content (AvgIpc) is 3.08. The van der Waals surface area contributed by atoms with E-state index in [1.807, 2.05) is 95.3 Å². The van der Waals surface area contributed by atoms with Gasteiger partial charge >= 0.3 is 0 Å². The minimum absolute atomic E-state index is 0.0717. The van der Waals surface area contributed by atoms with Gasteiger partial charge in [0.15, 0.2) is 11.5 Å². The van der Waals surface area contributed by atoms with Gasteiger partial charge in [-0.05, 0) is 80.6 Å². The van der Waals surface area contributed by atoms with Crippen molar-refractivity contribution in [1.82, 2.24) is 10.2 Å². The highest BCUT2D eigenvalue weighted by atomic mass is 32.2. The molecule has 0 saturated heterocycles. The van der Waals surface area contributed by atoms with Gasteiger partial charge in [0, 0.05) is 25.1 Å². The number of amides is 2. The van der Waals surface area contributed by atoms with Gasteiger partial charge in [0.1, 0.15) is 12.6 Å². The van der Waals surface area contributed by atoms with Gasteiger partial charge < -0.3 is 19.7 Å². The maximum absolute atomic E-state index is 14.8. The first-order valence-electron chi connectivity index (χ1n) is 16.4. The second-order valence-corrected chi connectivity index (χ2v) is 14.3. The van der Waals surface area contributed by atoms with E-state index >= 15 is 0 Å². The Hall–Kier alpha value is -4.83. The van der Waals surface area contributed by atoms with E-state index in [9.17, 15) is 18.0 Å². The third kappa shape index (κ3) is 9.41. The molecule has 4 aromatic rings. The molecule has 0 spiro atoms. The van der Waals surface area contributed by atoms with Crippen LogP contribution in [0.25, 0.3) is 0 Å². The summed E-state index contributed by atoms with van der Waals surface area (Å²) in [5.74, 6) is -0.222. The van der Waals surface area contributed by atoms with E-state index in [1.165, 1.54) is 37.3 Å². The number of benzene rings is 4. The van der Waals surface area contributed by atoms with Crippen molar-refractivity contribution in [2.75, 3.05) is 25.1 Å². The molecule has 0 fully saturated rings. The van der Waals surface area contributed by atoms with Gasteiger partial charge in [-0.15, -0.1) is 0 Å². The van der Waals surface area contributed by atoms with E-state index in [0.717, 1.165) is 32.1 Å². The van der Waals surface area contributed by atoms with Crippen molar-refractivity contribution >= 4 is 27.5 Å². The lowest BCUT2D eigenvalue weighted by molar-refractivity contribution is -0.140. The van der Waals surface area contributed by atoms with Crippen LogP contribution in [0.5, 0.6) is 11.5 Å². The summed E-state index contributed by atoms with van der Waals surface area (Å²) in [6.07, 6.45) is 0.951. The lowest BCUT2D eigenvalue weighted by Crippen LogP contribution is -2.54. The van der Waals surface area contributed by atoms with Gasteiger partial charge in [-0.1, -0.05) is 73.2 Å². The molecule has 0 aliphatic heterocycles. The summed E-state index contributed by atoms with van der Waals surface area (Å²) < 4.78 is 40.9. The minimum atomic E-state index is -4.33. The van der Waals surface area contributed by atoms with Gasteiger partial charge in [0.2, 0.25) is 11.8 Å². The lowest BCUT2D eigenvalue weighted by atomic mass is 10.0. The van der Waals surface area contributed by atoms with E-state index in [1.54, 1.807) is 12.1 Å². The van der Waals surface area contributed by atoms with Gasteiger partial charge in [-0.2, -0.15) is 0 Å². The third-order valence-corrected chi connectivity index (χ3v) is 10.2. The van der Waals surface area contributed by atoms with Crippen LogP contribution >= 0.6 is 0 Å². The first kappa shape index (κ1) is 37.0. The van der Waals surface area contributed by atoms with E-state index in [4.69, 9.17) is 9.47 Å². The molecule has 0 aliphatic carbocycles. The predicted octanol–water partition coefficient (Wildman–Crippen LogP) is 6.38. The molecule has 0 aliphatic rings. The number of hydrogen-bond donors (Lipinski definition) is 1. The number of nitrogens with zero attached hydrogens (tertiary/aromatic N) is 2. The van der Waals surface area contributed by atoms with E-state index < -0.39 is 28.5 Å². The SMILES string of the molecule is CC[C@@H](C)NC(=O)[C@@H](Cc1ccccc1)N(Cc1ccc(C)cc1)C(=O)CN(c1cc(C)cc(C)c1)S(=O)(=O)c1ccc(OC)c(OC)c1. The highest BCUT2D eigenvalue weighted by Crippen LogP contribution is 2.33. The van der Waals surface area contributed by atoms with Crippen molar-refractivity contribution in [1.29, 1.82) is 0 Å². The summed E-state index contributed by atoms with van der Waals surface area (Å²) >= 11 is 0. The molecule has 0 bridgehead atoms. The molecule has 0 unspecified atom stereocenters. The largest absolute Gasteiger partial charge is 0.493 e. The van der Waals surface area contributed by atoms with Crippen LogP contribution in [-0.2, 0) is 32.6 Å². The van der Waals surface area contributed by atoms with Gasteiger partial charge in [-0.25, -0.2) is 8.42 Å². The zero-order valence-corrected chi connectivity index (χ0v) is 30.2. The molecule has 1 N–H and O–H groups in total. The number of nitrogens with one attached hydrogen (secondary N) is 1. The Morgan fingerprint density at radius 3 is 2.00 bits per heavy atom. The highest BCUT2D eigenvalue weighted by molar-refractivity contribution is 7.92. The fraction of sp³-hybridized carbons (Fsp3) is 0.333. The van der Waals surface area contributed by atoms with Crippen LogP contribution in [0.1, 0.15) is 48.1 Å². The number of anilines is 1. The van der Waals surface area contributed by atoms with Crippen molar-refractivity contribution in [3.63, 3.8) is 0 Å². The predicted molar refractivity (Wildman–Crippen MR) is 194 cm³/mol. The molecule has 10 heteroatoms. The Morgan fingerprint density at radius 2 is 1.41 bits per heavy atom. The van der Waals surface area contributed by atoms with Gasteiger partial charge in [0.05, 0.1) is 24.8 Å². The van der Waals surface area contributed by atoms with Crippen LogP contribution in [-0.4, -0.2) is 58.0 Å². The number of carbonyl (C=O) groups is 2. The maximum atomic E-state index is 14.8. The summed E-state index contributed by atoms with van der Waals surface area (Å²) in [5, 5.41) is 3.07. The van der Waals surface area contributed by atoms with Crippen LogP contribution in [0.3, 0.4) is 0 Å². The summed E-state index contributed by atoms with van der Waals surface area (Å²) in [5.41, 5.74) is 4.74. The van der Waals surface area contributed by atoms with Crippen LogP contribution in [0, 0.1) is 20.8 Å².